The number of nitrogens with zero attached hydrogens (tertiary/aromatic N) is 1. The van der Waals surface area contributed by atoms with E-state index in [1.165, 1.54) is 4.90 Å². The lowest BCUT2D eigenvalue weighted by Crippen LogP contribution is -2.44. The highest BCUT2D eigenvalue weighted by molar-refractivity contribution is 6.07. The van der Waals surface area contributed by atoms with Gasteiger partial charge in [0.2, 0.25) is 5.91 Å². The number of fused-ring (bicyclic) bond motifs is 1. The van der Waals surface area contributed by atoms with Crippen LogP contribution in [0.2, 0.25) is 0 Å². The lowest BCUT2D eigenvalue weighted by atomic mass is 9.98. The second-order valence-electron chi connectivity index (χ2n) is 7.40. The number of amides is 4. The van der Waals surface area contributed by atoms with Crippen molar-refractivity contribution in [2.75, 3.05) is 6.54 Å². The molecule has 27 heavy (non-hydrogen) atoms. The zero-order chi connectivity index (χ0) is 19.0. The molecule has 1 atom stereocenters. The molecule has 2 aliphatic rings. The van der Waals surface area contributed by atoms with Crippen molar-refractivity contribution in [3.63, 3.8) is 0 Å². The fourth-order valence-electron chi connectivity index (χ4n) is 4.01. The fraction of sp³-hybridized carbons (Fsp3) is 0.450. The summed E-state index contributed by atoms with van der Waals surface area (Å²) in [6.45, 7) is 1.93. The van der Waals surface area contributed by atoms with Gasteiger partial charge in [0, 0.05) is 18.4 Å². The monoisotopic (exact) mass is 369 g/mol. The Morgan fingerprint density at radius 3 is 2.78 bits per heavy atom. The number of urea groups is 1. The second-order valence-corrected chi connectivity index (χ2v) is 7.40. The topological polar surface area (TPSA) is 91.7 Å². The molecular weight excluding hydrogens is 346 g/mol. The summed E-state index contributed by atoms with van der Waals surface area (Å²) >= 11 is 0. The molecule has 1 saturated heterocycles. The maximum Gasteiger partial charge on any atom is 0.325 e. The van der Waals surface area contributed by atoms with E-state index in [1.807, 2.05) is 37.3 Å². The molecule has 1 saturated carbocycles. The lowest BCUT2D eigenvalue weighted by Gasteiger charge is -2.20. The van der Waals surface area contributed by atoms with Crippen molar-refractivity contribution in [2.24, 2.45) is 0 Å². The van der Waals surface area contributed by atoms with Crippen molar-refractivity contribution in [1.29, 1.82) is 0 Å². The molecule has 4 rings (SSSR count). The minimum absolute atomic E-state index is 0.0693. The Morgan fingerprint density at radius 2 is 2.04 bits per heavy atom. The number of carbonyl (C=O) groups excluding carboxylic acids is 3. The van der Waals surface area contributed by atoms with E-state index in [1.54, 1.807) is 0 Å². The summed E-state index contributed by atoms with van der Waals surface area (Å²) in [7, 11) is 0. The van der Waals surface area contributed by atoms with Crippen LogP contribution < -0.4 is 10.6 Å². The van der Waals surface area contributed by atoms with Gasteiger partial charge in [0.25, 0.3) is 5.91 Å². The molecule has 2 heterocycles. The van der Waals surface area contributed by atoms with Gasteiger partial charge >= 0.3 is 6.03 Å². The Morgan fingerprint density at radius 1 is 1.30 bits per heavy atom. The first-order valence-corrected chi connectivity index (χ1v) is 9.40. The van der Waals surface area contributed by atoms with Gasteiger partial charge in [-0.15, -0.1) is 0 Å². The van der Waals surface area contributed by atoms with Crippen LogP contribution in [0.25, 0.3) is 11.0 Å². The van der Waals surface area contributed by atoms with Crippen molar-refractivity contribution in [1.82, 2.24) is 15.5 Å². The van der Waals surface area contributed by atoms with E-state index in [0.29, 0.717) is 18.6 Å². The van der Waals surface area contributed by atoms with Crippen molar-refractivity contribution >= 4 is 28.8 Å². The Labute approximate surface area is 157 Å². The Hall–Kier alpha value is -2.83. The third-order valence-electron chi connectivity index (χ3n) is 5.51. The van der Waals surface area contributed by atoms with Crippen LogP contribution in [0.1, 0.15) is 50.8 Å². The number of imide groups is 1. The van der Waals surface area contributed by atoms with Gasteiger partial charge < -0.3 is 15.1 Å². The van der Waals surface area contributed by atoms with Gasteiger partial charge in [-0.2, -0.15) is 0 Å². The molecule has 0 radical (unpaired) electrons. The molecule has 2 fully saturated rings. The number of nitrogens with one attached hydrogen (secondary N) is 2. The molecule has 2 aromatic rings. The SMILES string of the molecule is CC(NC(=O)CCN1C(=O)NC2(CCCC2)C1=O)c1cc2ccccc2o1. The Kier molecular flexibility index (Phi) is 4.37. The molecule has 2 N–H and O–H groups in total. The van der Waals surface area contributed by atoms with Crippen molar-refractivity contribution < 1.29 is 18.8 Å². The number of hydrogen-bond donors (Lipinski definition) is 2. The molecule has 0 bridgehead atoms. The highest BCUT2D eigenvalue weighted by atomic mass is 16.3. The summed E-state index contributed by atoms with van der Waals surface area (Å²) in [5.41, 5.74) is 0.0459. The van der Waals surface area contributed by atoms with Gasteiger partial charge in [-0.05, 0) is 31.9 Å². The standard InChI is InChI=1S/C20H23N3O4/c1-13(16-12-14-6-2-3-7-15(14)27-16)21-17(24)8-11-23-18(25)20(22-19(23)26)9-4-5-10-20/h2-3,6-7,12-13H,4-5,8-11H2,1H3,(H,21,24)(H,22,26). The van der Waals surface area contributed by atoms with E-state index in [9.17, 15) is 14.4 Å². The predicted molar refractivity (Wildman–Crippen MR) is 98.8 cm³/mol. The van der Waals surface area contributed by atoms with Gasteiger partial charge in [-0.25, -0.2) is 4.79 Å². The van der Waals surface area contributed by atoms with Crippen LogP contribution >= 0.6 is 0 Å². The van der Waals surface area contributed by atoms with Gasteiger partial charge in [-0.1, -0.05) is 31.0 Å². The quantitative estimate of drug-likeness (QED) is 0.793. The molecule has 1 spiro atoms. The highest BCUT2D eigenvalue weighted by Crippen LogP contribution is 2.35. The first-order valence-electron chi connectivity index (χ1n) is 9.40. The maximum atomic E-state index is 12.6. The summed E-state index contributed by atoms with van der Waals surface area (Å²) in [6.07, 6.45) is 3.32. The largest absolute Gasteiger partial charge is 0.459 e. The average Bonchev–Trinajstić information content (AvgIpc) is 3.33. The van der Waals surface area contributed by atoms with Crippen LogP contribution in [0.15, 0.2) is 34.7 Å². The number of benzene rings is 1. The normalized spacial score (nSPS) is 19.7. The maximum absolute atomic E-state index is 12.6. The third-order valence-corrected chi connectivity index (χ3v) is 5.51. The number of furan rings is 1. The molecule has 7 nitrogen and oxygen atoms in total. The summed E-state index contributed by atoms with van der Waals surface area (Å²) in [5, 5.41) is 6.68. The smallest absolute Gasteiger partial charge is 0.325 e. The van der Waals surface area contributed by atoms with Crippen LogP contribution in [0, 0.1) is 0 Å². The first-order chi connectivity index (χ1) is 13.0. The van der Waals surface area contributed by atoms with Crippen molar-refractivity contribution in [3.05, 3.63) is 36.1 Å². The highest BCUT2D eigenvalue weighted by Gasteiger charge is 2.52. The molecule has 1 aromatic heterocycles. The van der Waals surface area contributed by atoms with E-state index in [0.717, 1.165) is 23.8 Å². The molecule has 1 aromatic carbocycles. The average molecular weight is 369 g/mol. The molecule has 7 heteroatoms. The van der Waals surface area contributed by atoms with Gasteiger partial charge in [0.1, 0.15) is 16.9 Å². The van der Waals surface area contributed by atoms with Gasteiger partial charge in [-0.3, -0.25) is 14.5 Å². The molecule has 1 aliphatic heterocycles. The van der Waals surface area contributed by atoms with Gasteiger partial charge in [0.05, 0.1) is 6.04 Å². The Bertz CT molecular complexity index is 865. The molecule has 4 amide bonds. The minimum Gasteiger partial charge on any atom is -0.459 e. The van der Waals surface area contributed by atoms with Crippen LogP contribution in [0.4, 0.5) is 4.79 Å². The zero-order valence-electron chi connectivity index (χ0n) is 15.3. The van der Waals surface area contributed by atoms with E-state index >= 15 is 0 Å². The lowest BCUT2D eigenvalue weighted by molar-refractivity contribution is -0.131. The van der Waals surface area contributed by atoms with E-state index in [4.69, 9.17) is 4.42 Å². The summed E-state index contributed by atoms with van der Waals surface area (Å²) < 4.78 is 5.76. The first kappa shape index (κ1) is 17.6. The predicted octanol–water partition coefficient (Wildman–Crippen LogP) is 2.86. The van der Waals surface area contributed by atoms with Crippen LogP contribution in [0.5, 0.6) is 0 Å². The molecule has 1 unspecified atom stereocenters. The second kappa shape index (κ2) is 6.72. The summed E-state index contributed by atoms with van der Waals surface area (Å²) in [4.78, 5) is 38.2. The molecular formula is C20H23N3O4. The third kappa shape index (κ3) is 3.18. The molecule has 142 valence electrons. The number of para-hydroxylation sites is 1. The van der Waals surface area contributed by atoms with Crippen LogP contribution in [-0.4, -0.2) is 34.8 Å². The van der Waals surface area contributed by atoms with Crippen LogP contribution in [-0.2, 0) is 9.59 Å². The minimum atomic E-state index is -0.727. The Balaban J connectivity index is 1.34. The summed E-state index contributed by atoms with van der Waals surface area (Å²) in [5.74, 6) is 0.253. The number of hydrogen-bond acceptors (Lipinski definition) is 4. The number of carbonyl (C=O) groups is 3. The zero-order valence-corrected chi connectivity index (χ0v) is 15.3. The van der Waals surface area contributed by atoms with Gasteiger partial charge in [0.15, 0.2) is 0 Å². The van der Waals surface area contributed by atoms with E-state index in [-0.39, 0.29) is 36.9 Å². The number of rotatable bonds is 5. The fourth-order valence-corrected chi connectivity index (χ4v) is 4.01. The molecule has 1 aliphatic carbocycles. The van der Waals surface area contributed by atoms with E-state index in [2.05, 4.69) is 10.6 Å². The van der Waals surface area contributed by atoms with Crippen molar-refractivity contribution in [3.8, 4) is 0 Å². The van der Waals surface area contributed by atoms with E-state index < -0.39 is 5.54 Å². The van der Waals surface area contributed by atoms with Crippen molar-refractivity contribution in [2.45, 2.75) is 50.6 Å². The van der Waals surface area contributed by atoms with Crippen LogP contribution in [0.3, 0.4) is 0 Å². The summed E-state index contributed by atoms with van der Waals surface area (Å²) in [6, 6.07) is 8.88.